The third-order valence-electron chi connectivity index (χ3n) is 3.59. The summed E-state index contributed by atoms with van der Waals surface area (Å²) >= 11 is 3.36. The van der Waals surface area contributed by atoms with E-state index in [0.717, 1.165) is 42.4 Å². The molecule has 126 valence electrons. The highest BCUT2D eigenvalue weighted by atomic mass is 79.9. The van der Waals surface area contributed by atoms with Crippen LogP contribution in [-0.2, 0) is 0 Å². The topological polar surface area (TPSA) is 65.5 Å². The van der Waals surface area contributed by atoms with Crippen molar-refractivity contribution in [3.8, 4) is 0 Å². The van der Waals surface area contributed by atoms with Crippen LogP contribution in [0.15, 0.2) is 33.7 Å². The first kappa shape index (κ1) is 17.8. The Bertz CT molecular complexity index is 526. The van der Waals surface area contributed by atoms with E-state index in [4.69, 9.17) is 0 Å². The molecule has 0 aliphatic heterocycles. The summed E-state index contributed by atoms with van der Waals surface area (Å²) in [6.45, 7) is 5.26. The van der Waals surface area contributed by atoms with E-state index in [9.17, 15) is 4.79 Å². The first-order valence-electron chi connectivity index (χ1n) is 8.25. The Kier molecular flexibility index (Phi) is 7.39. The molecule has 1 aliphatic rings. The molecule has 0 saturated heterocycles. The van der Waals surface area contributed by atoms with Crippen LogP contribution in [0.1, 0.15) is 36.5 Å². The molecule has 0 atom stereocenters. The van der Waals surface area contributed by atoms with Gasteiger partial charge in [-0.25, -0.2) is 0 Å². The van der Waals surface area contributed by atoms with Crippen LogP contribution in [-0.4, -0.2) is 38.0 Å². The molecular weight excluding hydrogens is 356 g/mol. The van der Waals surface area contributed by atoms with Gasteiger partial charge >= 0.3 is 0 Å². The molecule has 1 fully saturated rings. The van der Waals surface area contributed by atoms with Gasteiger partial charge in [0.1, 0.15) is 0 Å². The normalized spacial score (nSPS) is 14.4. The van der Waals surface area contributed by atoms with E-state index in [2.05, 4.69) is 43.8 Å². The van der Waals surface area contributed by atoms with Crippen LogP contribution >= 0.6 is 15.9 Å². The van der Waals surface area contributed by atoms with Crippen LogP contribution < -0.4 is 16.0 Å². The minimum atomic E-state index is -0.0354. The van der Waals surface area contributed by atoms with Gasteiger partial charge in [0.05, 0.1) is 0 Å². The summed E-state index contributed by atoms with van der Waals surface area (Å²) < 4.78 is 0.972. The molecular formula is C17H25BrN4O. The summed E-state index contributed by atoms with van der Waals surface area (Å²) in [7, 11) is 0. The van der Waals surface area contributed by atoms with E-state index < -0.39 is 0 Å². The number of aliphatic imine (C=N–C) groups is 1. The van der Waals surface area contributed by atoms with Gasteiger partial charge in [-0.15, -0.1) is 0 Å². The number of nitrogens with one attached hydrogen (secondary N) is 3. The second kappa shape index (κ2) is 9.55. The van der Waals surface area contributed by atoms with Crippen molar-refractivity contribution in [1.29, 1.82) is 0 Å². The Labute approximate surface area is 146 Å². The van der Waals surface area contributed by atoms with Gasteiger partial charge in [-0.05, 0) is 56.4 Å². The molecule has 1 aromatic rings. The van der Waals surface area contributed by atoms with Crippen molar-refractivity contribution in [3.63, 3.8) is 0 Å². The predicted octanol–water partition coefficient (Wildman–Crippen LogP) is 2.53. The maximum atomic E-state index is 12.0. The molecule has 1 saturated carbocycles. The Balaban J connectivity index is 1.62. The SMILES string of the molecule is CCNC(=NCC1CC1)NCCCNC(=O)c1ccc(Br)cc1. The van der Waals surface area contributed by atoms with Crippen molar-refractivity contribution in [3.05, 3.63) is 34.3 Å². The number of rotatable bonds is 8. The number of carbonyl (C=O) groups is 1. The fourth-order valence-electron chi connectivity index (χ4n) is 2.06. The number of benzene rings is 1. The highest BCUT2D eigenvalue weighted by molar-refractivity contribution is 9.10. The number of hydrogen-bond donors (Lipinski definition) is 3. The maximum absolute atomic E-state index is 12.0. The molecule has 0 spiro atoms. The van der Waals surface area contributed by atoms with Gasteiger partial charge in [0.2, 0.25) is 0 Å². The van der Waals surface area contributed by atoms with Crippen molar-refractivity contribution >= 4 is 27.8 Å². The van der Waals surface area contributed by atoms with Crippen LogP contribution in [0.25, 0.3) is 0 Å². The Morgan fingerprint density at radius 3 is 2.52 bits per heavy atom. The monoisotopic (exact) mass is 380 g/mol. The molecule has 1 amide bonds. The van der Waals surface area contributed by atoms with Gasteiger partial charge in [-0.1, -0.05) is 15.9 Å². The first-order chi connectivity index (χ1) is 11.2. The summed E-state index contributed by atoms with van der Waals surface area (Å²) in [5.41, 5.74) is 0.681. The van der Waals surface area contributed by atoms with Crippen molar-refractivity contribution in [2.24, 2.45) is 10.9 Å². The number of guanidine groups is 1. The average molecular weight is 381 g/mol. The van der Waals surface area contributed by atoms with E-state index in [1.807, 2.05) is 24.3 Å². The lowest BCUT2D eigenvalue weighted by Gasteiger charge is -2.11. The maximum Gasteiger partial charge on any atom is 0.251 e. The Morgan fingerprint density at radius 2 is 1.87 bits per heavy atom. The fraction of sp³-hybridized carbons (Fsp3) is 0.529. The molecule has 0 heterocycles. The quantitative estimate of drug-likeness (QED) is 0.368. The summed E-state index contributed by atoms with van der Waals surface area (Å²) in [5.74, 6) is 1.63. The second-order valence-electron chi connectivity index (χ2n) is 5.71. The van der Waals surface area contributed by atoms with Gasteiger partial charge in [0, 0.05) is 36.2 Å². The zero-order valence-corrected chi connectivity index (χ0v) is 15.2. The molecule has 0 radical (unpaired) electrons. The van der Waals surface area contributed by atoms with Crippen molar-refractivity contribution < 1.29 is 4.79 Å². The van der Waals surface area contributed by atoms with Gasteiger partial charge in [0.15, 0.2) is 5.96 Å². The van der Waals surface area contributed by atoms with E-state index in [0.29, 0.717) is 12.1 Å². The minimum Gasteiger partial charge on any atom is -0.357 e. The highest BCUT2D eigenvalue weighted by Gasteiger charge is 2.20. The number of hydrogen-bond acceptors (Lipinski definition) is 2. The molecule has 0 unspecified atom stereocenters. The lowest BCUT2D eigenvalue weighted by atomic mass is 10.2. The van der Waals surface area contributed by atoms with Crippen molar-refractivity contribution in [2.45, 2.75) is 26.2 Å². The van der Waals surface area contributed by atoms with Gasteiger partial charge in [-0.3, -0.25) is 9.79 Å². The van der Waals surface area contributed by atoms with Gasteiger partial charge in [0.25, 0.3) is 5.91 Å². The number of halogens is 1. The summed E-state index contributed by atoms with van der Waals surface area (Å²) in [5, 5.41) is 9.48. The molecule has 1 aromatic carbocycles. The molecule has 23 heavy (non-hydrogen) atoms. The summed E-state index contributed by atoms with van der Waals surface area (Å²) in [6.07, 6.45) is 3.48. The van der Waals surface area contributed by atoms with E-state index in [1.165, 1.54) is 12.8 Å². The first-order valence-corrected chi connectivity index (χ1v) is 9.04. The second-order valence-corrected chi connectivity index (χ2v) is 6.62. The van der Waals surface area contributed by atoms with E-state index >= 15 is 0 Å². The van der Waals surface area contributed by atoms with Crippen LogP contribution in [0.5, 0.6) is 0 Å². The number of carbonyl (C=O) groups excluding carboxylic acids is 1. The molecule has 0 aromatic heterocycles. The van der Waals surface area contributed by atoms with Crippen LogP contribution in [0.4, 0.5) is 0 Å². The van der Waals surface area contributed by atoms with Crippen LogP contribution in [0.2, 0.25) is 0 Å². The zero-order valence-electron chi connectivity index (χ0n) is 13.6. The third kappa shape index (κ3) is 7.03. The molecule has 6 heteroatoms. The zero-order chi connectivity index (χ0) is 16.5. The van der Waals surface area contributed by atoms with E-state index in [-0.39, 0.29) is 5.91 Å². The fourth-order valence-corrected chi connectivity index (χ4v) is 2.33. The van der Waals surface area contributed by atoms with Gasteiger partial charge in [-0.2, -0.15) is 0 Å². The largest absolute Gasteiger partial charge is 0.357 e. The minimum absolute atomic E-state index is 0.0354. The van der Waals surface area contributed by atoms with Crippen molar-refractivity contribution in [2.75, 3.05) is 26.2 Å². The Hall–Kier alpha value is -1.56. The third-order valence-corrected chi connectivity index (χ3v) is 4.12. The molecule has 3 N–H and O–H groups in total. The number of amides is 1. The molecule has 0 bridgehead atoms. The lowest BCUT2D eigenvalue weighted by Crippen LogP contribution is -2.39. The smallest absolute Gasteiger partial charge is 0.251 e. The molecule has 2 rings (SSSR count). The van der Waals surface area contributed by atoms with Gasteiger partial charge < -0.3 is 16.0 Å². The lowest BCUT2D eigenvalue weighted by molar-refractivity contribution is 0.0953. The predicted molar refractivity (Wildman–Crippen MR) is 97.8 cm³/mol. The highest BCUT2D eigenvalue weighted by Crippen LogP contribution is 2.28. The molecule has 1 aliphatic carbocycles. The van der Waals surface area contributed by atoms with Crippen LogP contribution in [0.3, 0.4) is 0 Å². The van der Waals surface area contributed by atoms with E-state index in [1.54, 1.807) is 0 Å². The number of nitrogens with zero attached hydrogens (tertiary/aromatic N) is 1. The Morgan fingerprint density at radius 1 is 1.17 bits per heavy atom. The average Bonchev–Trinajstić information content (AvgIpc) is 3.37. The van der Waals surface area contributed by atoms with Crippen molar-refractivity contribution in [1.82, 2.24) is 16.0 Å². The molecule has 5 nitrogen and oxygen atoms in total. The standard InChI is InChI=1S/C17H25BrN4O/c1-2-19-17(22-12-13-4-5-13)21-11-3-10-20-16(23)14-6-8-15(18)9-7-14/h6-9,13H,2-5,10-12H2,1H3,(H,20,23)(H2,19,21,22). The summed E-state index contributed by atoms with van der Waals surface area (Å²) in [4.78, 5) is 16.5. The van der Waals surface area contributed by atoms with Crippen LogP contribution in [0, 0.1) is 5.92 Å². The summed E-state index contributed by atoms with van der Waals surface area (Å²) in [6, 6.07) is 7.36.